The van der Waals surface area contributed by atoms with Crippen LogP contribution in [0.5, 0.6) is 0 Å². The van der Waals surface area contributed by atoms with Crippen molar-refractivity contribution >= 4 is 11.6 Å². The number of alkyl halides is 3. The lowest BCUT2D eigenvalue weighted by molar-refractivity contribution is -0.141. The molecule has 3 aromatic rings. The van der Waals surface area contributed by atoms with Crippen molar-refractivity contribution < 1.29 is 23.1 Å². The van der Waals surface area contributed by atoms with Gasteiger partial charge in [0.1, 0.15) is 5.69 Å². The van der Waals surface area contributed by atoms with Crippen LogP contribution in [0.1, 0.15) is 46.9 Å². The Morgan fingerprint density at radius 2 is 1.73 bits per heavy atom. The van der Waals surface area contributed by atoms with Gasteiger partial charge in [0.25, 0.3) is 5.91 Å². The molecule has 172 valence electrons. The van der Waals surface area contributed by atoms with E-state index in [9.17, 15) is 23.1 Å². The number of rotatable bonds is 6. The number of nitrogens with zero attached hydrogens (tertiary/aromatic N) is 2. The molecule has 1 aliphatic rings. The van der Waals surface area contributed by atoms with Crippen molar-refractivity contribution in [2.45, 2.75) is 44.4 Å². The van der Waals surface area contributed by atoms with Crippen LogP contribution in [0.15, 0.2) is 66.9 Å². The number of aryl methyl sites for hydroxylation is 2. The number of carbonyl (C=O) groups is 1. The van der Waals surface area contributed by atoms with Crippen LogP contribution in [0.2, 0.25) is 0 Å². The Bertz CT molecular complexity index is 1100. The highest BCUT2D eigenvalue weighted by Gasteiger charge is 2.32. The van der Waals surface area contributed by atoms with E-state index in [1.807, 2.05) is 18.2 Å². The van der Waals surface area contributed by atoms with E-state index in [0.717, 1.165) is 31.7 Å². The summed E-state index contributed by atoms with van der Waals surface area (Å²) in [7, 11) is 0. The molecular formula is C26H25F3N2O2. The van der Waals surface area contributed by atoms with E-state index in [-0.39, 0.29) is 6.54 Å². The van der Waals surface area contributed by atoms with Gasteiger partial charge >= 0.3 is 6.18 Å². The fourth-order valence-electron chi connectivity index (χ4n) is 4.16. The molecule has 1 unspecified atom stereocenters. The Balaban J connectivity index is 1.59. The van der Waals surface area contributed by atoms with Gasteiger partial charge in [-0.05, 0) is 72.6 Å². The zero-order valence-electron chi connectivity index (χ0n) is 18.1. The number of halogens is 3. The Kier molecular flexibility index (Phi) is 6.79. The molecule has 4 nitrogen and oxygen atoms in total. The predicted molar refractivity (Wildman–Crippen MR) is 120 cm³/mol. The van der Waals surface area contributed by atoms with Gasteiger partial charge in [-0.25, -0.2) is 0 Å². The van der Waals surface area contributed by atoms with Crippen molar-refractivity contribution in [2.24, 2.45) is 0 Å². The summed E-state index contributed by atoms with van der Waals surface area (Å²) in [6.07, 6.45) is -0.169. The lowest BCUT2D eigenvalue weighted by Crippen LogP contribution is -2.37. The van der Waals surface area contributed by atoms with E-state index >= 15 is 0 Å². The predicted octanol–water partition coefficient (Wildman–Crippen LogP) is 5.29. The normalized spacial score (nSPS) is 14.4. The molecule has 0 radical (unpaired) electrons. The zero-order valence-corrected chi connectivity index (χ0v) is 18.1. The molecule has 1 N–H and O–H groups in total. The van der Waals surface area contributed by atoms with Crippen molar-refractivity contribution in [3.63, 3.8) is 0 Å². The first-order valence-electron chi connectivity index (χ1n) is 11.0. The molecule has 7 heteroatoms. The lowest BCUT2D eigenvalue weighted by Gasteiger charge is -2.27. The third-order valence-corrected chi connectivity index (χ3v) is 6.00. The fourth-order valence-corrected chi connectivity index (χ4v) is 4.16. The van der Waals surface area contributed by atoms with Gasteiger partial charge in [-0.2, -0.15) is 13.2 Å². The third-order valence-electron chi connectivity index (χ3n) is 6.00. The monoisotopic (exact) mass is 454 g/mol. The van der Waals surface area contributed by atoms with Crippen LogP contribution >= 0.6 is 0 Å². The van der Waals surface area contributed by atoms with Crippen LogP contribution in [0.25, 0.3) is 0 Å². The number of amides is 1. The smallest absolute Gasteiger partial charge is 0.378 e. The number of aromatic nitrogens is 1. The molecular weight excluding hydrogens is 429 g/mol. The van der Waals surface area contributed by atoms with Crippen molar-refractivity contribution in [1.82, 2.24) is 4.98 Å². The largest absolute Gasteiger partial charge is 0.433 e. The van der Waals surface area contributed by atoms with Crippen molar-refractivity contribution in [3.05, 3.63) is 94.8 Å². The molecule has 1 aliphatic carbocycles. The number of aliphatic hydroxyl groups excluding tert-OH is 1. The summed E-state index contributed by atoms with van der Waals surface area (Å²) in [5.41, 5.74) is 3.26. The number of carbonyl (C=O) groups excluding carboxylic acids is 1. The van der Waals surface area contributed by atoms with Gasteiger partial charge in [-0.1, -0.05) is 42.5 Å². The summed E-state index contributed by atoms with van der Waals surface area (Å²) >= 11 is 0. The van der Waals surface area contributed by atoms with Crippen LogP contribution < -0.4 is 4.90 Å². The van der Waals surface area contributed by atoms with Gasteiger partial charge < -0.3 is 10.0 Å². The molecule has 1 aromatic heterocycles. The zero-order chi connectivity index (χ0) is 23.4. The van der Waals surface area contributed by atoms with Crippen LogP contribution in [0.3, 0.4) is 0 Å². The molecule has 1 atom stereocenters. The summed E-state index contributed by atoms with van der Waals surface area (Å²) in [6, 6.07) is 16.9. The summed E-state index contributed by atoms with van der Waals surface area (Å²) in [5, 5.41) is 10.8. The Labute approximate surface area is 190 Å². The van der Waals surface area contributed by atoms with Crippen LogP contribution in [-0.4, -0.2) is 22.5 Å². The van der Waals surface area contributed by atoms with Gasteiger partial charge in [0.15, 0.2) is 6.10 Å². The highest BCUT2D eigenvalue weighted by Crippen LogP contribution is 2.29. The van der Waals surface area contributed by atoms with Crippen molar-refractivity contribution in [3.8, 4) is 0 Å². The van der Waals surface area contributed by atoms with Crippen molar-refractivity contribution in [2.75, 3.05) is 11.4 Å². The average Bonchev–Trinajstić information content (AvgIpc) is 2.83. The maximum atomic E-state index is 13.3. The molecule has 2 aromatic carbocycles. The van der Waals surface area contributed by atoms with Crippen molar-refractivity contribution in [1.29, 1.82) is 0 Å². The Morgan fingerprint density at radius 1 is 1.00 bits per heavy atom. The molecule has 1 heterocycles. The van der Waals surface area contributed by atoms with E-state index in [0.29, 0.717) is 23.2 Å². The molecule has 0 fully saturated rings. The van der Waals surface area contributed by atoms with Crippen LogP contribution in [0.4, 0.5) is 18.9 Å². The number of hydrogen-bond acceptors (Lipinski definition) is 3. The van der Waals surface area contributed by atoms with Gasteiger partial charge in [0, 0.05) is 18.4 Å². The maximum Gasteiger partial charge on any atom is 0.433 e. The molecule has 0 aliphatic heterocycles. The molecule has 33 heavy (non-hydrogen) atoms. The lowest BCUT2D eigenvalue weighted by atomic mass is 9.91. The quantitative estimate of drug-likeness (QED) is 0.551. The summed E-state index contributed by atoms with van der Waals surface area (Å²) in [4.78, 5) is 18.4. The van der Waals surface area contributed by atoms with E-state index in [1.165, 1.54) is 28.3 Å². The number of aliphatic hydroxyl groups is 1. The number of fused-ring (bicyclic) bond motifs is 1. The van der Waals surface area contributed by atoms with Gasteiger partial charge in [-0.15, -0.1) is 0 Å². The molecule has 0 bridgehead atoms. The standard InChI is InChI=1S/C26H25F3N2O2/c27-26(28,29)23-13-10-18(17-30-23)14-15-31(25(33)24(32)20-7-2-1-3-8-20)22-12-11-19-6-4-5-9-21(19)16-22/h1-3,7-8,10-13,16-17,24,32H,4-6,9,14-15H2. The number of anilines is 1. The van der Waals surface area contributed by atoms with E-state index in [4.69, 9.17) is 0 Å². The second-order valence-electron chi connectivity index (χ2n) is 8.26. The summed E-state index contributed by atoms with van der Waals surface area (Å²) < 4.78 is 38.4. The Morgan fingerprint density at radius 3 is 2.39 bits per heavy atom. The molecule has 0 spiro atoms. The summed E-state index contributed by atoms with van der Waals surface area (Å²) in [6.45, 7) is 0.203. The van der Waals surface area contributed by atoms with E-state index in [2.05, 4.69) is 4.98 Å². The SMILES string of the molecule is O=C(C(O)c1ccccc1)N(CCc1ccc(C(F)(F)F)nc1)c1ccc2c(c1)CCCC2. The molecule has 4 rings (SSSR count). The van der Waals surface area contributed by atoms with Gasteiger partial charge in [0.05, 0.1) is 0 Å². The minimum absolute atomic E-state index is 0.203. The molecule has 0 saturated heterocycles. The second-order valence-corrected chi connectivity index (χ2v) is 8.26. The highest BCUT2D eigenvalue weighted by molar-refractivity contribution is 5.97. The van der Waals surface area contributed by atoms with Crippen LogP contribution in [-0.2, 0) is 30.2 Å². The first kappa shape index (κ1) is 23.0. The molecule has 0 saturated carbocycles. The minimum Gasteiger partial charge on any atom is -0.378 e. The van der Waals surface area contributed by atoms with E-state index in [1.54, 1.807) is 30.3 Å². The second kappa shape index (κ2) is 9.75. The van der Waals surface area contributed by atoms with Crippen LogP contribution in [0, 0.1) is 0 Å². The number of pyridine rings is 1. The number of hydrogen-bond donors (Lipinski definition) is 1. The average molecular weight is 454 g/mol. The third kappa shape index (κ3) is 5.42. The Hall–Kier alpha value is -3.19. The fraction of sp³-hybridized carbons (Fsp3) is 0.308. The highest BCUT2D eigenvalue weighted by atomic mass is 19.4. The van der Waals surface area contributed by atoms with Gasteiger partial charge in [0.2, 0.25) is 0 Å². The maximum absolute atomic E-state index is 13.3. The van der Waals surface area contributed by atoms with E-state index < -0.39 is 23.9 Å². The minimum atomic E-state index is -4.50. The summed E-state index contributed by atoms with van der Waals surface area (Å²) in [5.74, 6) is -0.475. The molecule has 1 amide bonds. The first-order valence-corrected chi connectivity index (χ1v) is 11.0. The topological polar surface area (TPSA) is 53.4 Å². The number of benzene rings is 2. The van der Waals surface area contributed by atoms with Gasteiger partial charge in [-0.3, -0.25) is 9.78 Å². The first-order chi connectivity index (χ1) is 15.8.